The minimum Gasteiger partial charge on any atom is -0.228 e. The summed E-state index contributed by atoms with van der Waals surface area (Å²) in [6.45, 7) is 9.51. The zero-order chi connectivity index (χ0) is 11.4. The Morgan fingerprint density at radius 2 is 1.86 bits per heavy atom. The summed E-state index contributed by atoms with van der Waals surface area (Å²) in [7, 11) is -3.43. The summed E-state index contributed by atoms with van der Waals surface area (Å²) in [5.74, 6) is 0.385. The average Bonchev–Trinajstić information content (AvgIpc) is 1.98. The molecule has 0 spiro atoms. The zero-order valence-corrected chi connectivity index (χ0v) is 10.0. The lowest BCUT2D eigenvalue weighted by Gasteiger charge is -2.22. The van der Waals surface area contributed by atoms with Gasteiger partial charge in [-0.25, -0.2) is 13.6 Å². The Kier molecular flexibility index (Phi) is 5.37. The molecule has 0 aliphatic rings. The first-order chi connectivity index (χ1) is 6.29. The topological polar surface area (TPSA) is 60.2 Å². The average molecular weight is 219 g/mol. The molecule has 0 aromatic carbocycles. The summed E-state index contributed by atoms with van der Waals surface area (Å²) >= 11 is 0. The van der Waals surface area contributed by atoms with Gasteiger partial charge in [0.25, 0.3) is 0 Å². The maximum atomic E-state index is 11.3. The Bertz CT molecular complexity index is 270. The molecule has 0 aliphatic carbocycles. The predicted octanol–water partition coefficient (Wildman–Crippen LogP) is 1.90. The normalized spacial score (nSPS) is 16.6. The number of hydrogen-bond acceptors (Lipinski definition) is 2. The lowest BCUT2D eigenvalue weighted by molar-refractivity contribution is 0.441. The third-order valence-electron chi connectivity index (χ3n) is 2.30. The molecule has 0 unspecified atom stereocenters. The molecular weight excluding hydrogens is 198 g/mol. The molecule has 0 saturated carbocycles. The molecule has 0 aliphatic heterocycles. The SMILES string of the molecule is C=CC[C@H](C)[C@H](CC(C)C)S(N)(=O)=O. The van der Waals surface area contributed by atoms with E-state index in [9.17, 15) is 8.42 Å². The van der Waals surface area contributed by atoms with Crippen LogP contribution in [0.3, 0.4) is 0 Å². The van der Waals surface area contributed by atoms with Crippen LogP contribution < -0.4 is 5.14 Å². The first-order valence-electron chi connectivity index (χ1n) is 4.91. The van der Waals surface area contributed by atoms with E-state index in [1.165, 1.54) is 0 Å². The van der Waals surface area contributed by atoms with Gasteiger partial charge in [0, 0.05) is 0 Å². The molecular formula is C10H21NO2S. The quantitative estimate of drug-likeness (QED) is 0.694. The van der Waals surface area contributed by atoms with Crippen LogP contribution in [-0.2, 0) is 10.0 Å². The molecule has 0 amide bonds. The van der Waals surface area contributed by atoms with Crippen molar-refractivity contribution in [2.24, 2.45) is 17.0 Å². The summed E-state index contributed by atoms with van der Waals surface area (Å²) < 4.78 is 22.7. The van der Waals surface area contributed by atoms with E-state index in [1.54, 1.807) is 6.08 Å². The number of nitrogens with two attached hydrogens (primary N) is 1. The standard InChI is InChI=1S/C10H21NO2S/c1-5-6-9(4)10(7-8(2)3)14(11,12)13/h5,8-10H,1,6-7H2,2-4H3,(H2,11,12,13)/t9-,10-/m0/s1. The summed E-state index contributed by atoms with van der Waals surface area (Å²) in [6, 6.07) is 0. The van der Waals surface area contributed by atoms with Crippen LogP contribution in [0.15, 0.2) is 12.7 Å². The van der Waals surface area contributed by atoms with Gasteiger partial charge < -0.3 is 0 Å². The van der Waals surface area contributed by atoms with Crippen LogP contribution >= 0.6 is 0 Å². The van der Waals surface area contributed by atoms with Crippen molar-refractivity contribution in [3.05, 3.63) is 12.7 Å². The fraction of sp³-hybridized carbons (Fsp3) is 0.800. The molecule has 0 radical (unpaired) electrons. The fourth-order valence-electron chi connectivity index (χ4n) is 1.57. The van der Waals surface area contributed by atoms with Crippen molar-refractivity contribution in [1.29, 1.82) is 0 Å². The Morgan fingerprint density at radius 1 is 1.36 bits per heavy atom. The highest BCUT2D eigenvalue weighted by Crippen LogP contribution is 2.21. The molecule has 0 aromatic rings. The van der Waals surface area contributed by atoms with Crippen molar-refractivity contribution in [3.63, 3.8) is 0 Å². The van der Waals surface area contributed by atoms with Crippen molar-refractivity contribution >= 4 is 10.0 Å². The van der Waals surface area contributed by atoms with Crippen molar-refractivity contribution in [2.75, 3.05) is 0 Å². The Labute approximate surface area is 87.4 Å². The summed E-state index contributed by atoms with van der Waals surface area (Å²) in [5, 5.41) is 4.75. The lowest BCUT2D eigenvalue weighted by atomic mass is 9.96. The molecule has 0 aromatic heterocycles. The van der Waals surface area contributed by atoms with Crippen LogP contribution in [0.25, 0.3) is 0 Å². The number of sulfonamides is 1. The third kappa shape index (κ3) is 4.77. The minimum absolute atomic E-state index is 0.0462. The van der Waals surface area contributed by atoms with Gasteiger partial charge in [-0.1, -0.05) is 26.8 Å². The van der Waals surface area contributed by atoms with Gasteiger partial charge >= 0.3 is 0 Å². The van der Waals surface area contributed by atoms with Crippen molar-refractivity contribution in [2.45, 2.75) is 38.9 Å². The van der Waals surface area contributed by atoms with E-state index in [0.717, 1.165) is 0 Å². The number of primary sulfonamides is 1. The highest BCUT2D eigenvalue weighted by molar-refractivity contribution is 7.89. The molecule has 2 N–H and O–H groups in total. The van der Waals surface area contributed by atoms with E-state index in [0.29, 0.717) is 18.8 Å². The first-order valence-corrected chi connectivity index (χ1v) is 6.52. The number of hydrogen-bond donors (Lipinski definition) is 1. The number of rotatable bonds is 6. The Hall–Kier alpha value is -0.350. The Balaban J connectivity index is 4.64. The molecule has 84 valence electrons. The molecule has 4 heteroatoms. The van der Waals surface area contributed by atoms with Gasteiger partial charge in [0.15, 0.2) is 0 Å². The lowest BCUT2D eigenvalue weighted by Crippen LogP contribution is -2.35. The maximum Gasteiger partial charge on any atom is 0.212 e. The van der Waals surface area contributed by atoms with Crippen LogP contribution in [0.1, 0.15) is 33.6 Å². The monoisotopic (exact) mass is 219 g/mol. The largest absolute Gasteiger partial charge is 0.228 e. The van der Waals surface area contributed by atoms with E-state index >= 15 is 0 Å². The van der Waals surface area contributed by atoms with Crippen LogP contribution in [0.5, 0.6) is 0 Å². The van der Waals surface area contributed by atoms with Gasteiger partial charge in [0.1, 0.15) is 0 Å². The first kappa shape index (κ1) is 13.7. The van der Waals surface area contributed by atoms with E-state index in [-0.39, 0.29) is 5.92 Å². The van der Waals surface area contributed by atoms with Crippen LogP contribution in [0.2, 0.25) is 0 Å². The fourth-order valence-corrected chi connectivity index (χ4v) is 2.98. The minimum atomic E-state index is -3.43. The second-order valence-corrected chi connectivity index (χ2v) is 6.04. The zero-order valence-electron chi connectivity index (χ0n) is 9.23. The van der Waals surface area contributed by atoms with Gasteiger partial charge in [-0.15, -0.1) is 6.58 Å². The van der Waals surface area contributed by atoms with Gasteiger partial charge in [0.05, 0.1) is 5.25 Å². The molecule has 0 bridgehead atoms. The molecule has 3 nitrogen and oxygen atoms in total. The summed E-state index contributed by atoms with van der Waals surface area (Å²) in [4.78, 5) is 0. The molecule has 0 rings (SSSR count). The highest BCUT2D eigenvalue weighted by Gasteiger charge is 2.27. The van der Waals surface area contributed by atoms with Gasteiger partial charge in [0.2, 0.25) is 10.0 Å². The summed E-state index contributed by atoms with van der Waals surface area (Å²) in [6.07, 6.45) is 3.05. The highest BCUT2D eigenvalue weighted by atomic mass is 32.2. The molecule has 0 heterocycles. The second kappa shape index (κ2) is 5.51. The smallest absolute Gasteiger partial charge is 0.212 e. The van der Waals surface area contributed by atoms with Gasteiger partial charge in [-0.05, 0) is 24.7 Å². The Morgan fingerprint density at radius 3 is 2.14 bits per heavy atom. The predicted molar refractivity (Wildman–Crippen MR) is 60.3 cm³/mol. The molecule has 2 atom stereocenters. The second-order valence-electron chi connectivity index (χ2n) is 4.26. The van der Waals surface area contributed by atoms with Crippen LogP contribution in [-0.4, -0.2) is 13.7 Å². The van der Waals surface area contributed by atoms with Crippen LogP contribution in [0, 0.1) is 11.8 Å². The van der Waals surface area contributed by atoms with Gasteiger partial charge in [-0.3, -0.25) is 0 Å². The summed E-state index contributed by atoms with van der Waals surface area (Å²) in [5.41, 5.74) is 0. The van der Waals surface area contributed by atoms with Crippen molar-refractivity contribution in [3.8, 4) is 0 Å². The number of allylic oxidation sites excluding steroid dienone is 1. The van der Waals surface area contributed by atoms with Crippen molar-refractivity contribution in [1.82, 2.24) is 0 Å². The van der Waals surface area contributed by atoms with E-state index in [4.69, 9.17) is 5.14 Å². The van der Waals surface area contributed by atoms with E-state index in [1.807, 2.05) is 20.8 Å². The van der Waals surface area contributed by atoms with Crippen molar-refractivity contribution < 1.29 is 8.42 Å². The van der Waals surface area contributed by atoms with E-state index in [2.05, 4.69) is 6.58 Å². The molecule has 0 saturated heterocycles. The van der Waals surface area contributed by atoms with E-state index < -0.39 is 15.3 Å². The molecule has 14 heavy (non-hydrogen) atoms. The maximum absolute atomic E-state index is 11.3. The van der Waals surface area contributed by atoms with Crippen LogP contribution in [0.4, 0.5) is 0 Å². The van der Waals surface area contributed by atoms with Gasteiger partial charge in [-0.2, -0.15) is 0 Å². The third-order valence-corrected chi connectivity index (χ3v) is 3.80. The molecule has 0 fully saturated rings.